The first-order valence-electron chi connectivity index (χ1n) is 8.55. The van der Waals surface area contributed by atoms with Crippen molar-refractivity contribution in [1.82, 2.24) is 5.32 Å². The largest absolute Gasteiger partial charge is 0.496 e. The molecule has 0 aliphatic carbocycles. The monoisotopic (exact) mass is 450 g/mol. The summed E-state index contributed by atoms with van der Waals surface area (Å²) in [5.74, 6) is -0.185. The summed E-state index contributed by atoms with van der Waals surface area (Å²) in [4.78, 5) is -0.553. The van der Waals surface area contributed by atoms with E-state index < -0.39 is 32.4 Å². The summed E-state index contributed by atoms with van der Waals surface area (Å²) in [6.45, 7) is 1.44. The molecular formula is C18H18ClF3N2O4S. The van der Waals surface area contributed by atoms with Crippen LogP contribution in [0.1, 0.15) is 12.0 Å². The third kappa shape index (κ3) is 5.06. The molecule has 2 N–H and O–H groups in total. The van der Waals surface area contributed by atoms with Gasteiger partial charge in [0.05, 0.1) is 28.3 Å². The standard InChI is InChI=1S/C18H18ClF3N2O4S/c1-27-16-5-3-13(9-14(16)18(20,21)22)29(25,26)24-11-2-4-15(19)17(8-11)28-12-6-7-23-10-12/h2-5,8-9,12,23-24H,6-7,10H2,1H3. The quantitative estimate of drug-likeness (QED) is 0.698. The zero-order valence-electron chi connectivity index (χ0n) is 15.2. The highest BCUT2D eigenvalue weighted by atomic mass is 35.5. The Balaban J connectivity index is 1.87. The van der Waals surface area contributed by atoms with Crippen molar-refractivity contribution >= 4 is 27.3 Å². The Bertz CT molecular complexity index is 993. The molecule has 11 heteroatoms. The summed E-state index contributed by atoms with van der Waals surface area (Å²) in [5.41, 5.74) is -1.07. The third-order valence-electron chi connectivity index (χ3n) is 4.28. The molecule has 158 valence electrons. The van der Waals surface area contributed by atoms with Crippen LogP contribution >= 0.6 is 11.6 Å². The van der Waals surface area contributed by atoms with E-state index in [2.05, 4.69) is 14.8 Å². The smallest absolute Gasteiger partial charge is 0.420 e. The fourth-order valence-corrected chi connectivity index (χ4v) is 4.09. The molecule has 0 spiro atoms. The molecule has 1 atom stereocenters. The van der Waals surface area contributed by atoms with E-state index in [0.717, 1.165) is 32.2 Å². The number of rotatable bonds is 6. The number of halogens is 4. The number of methoxy groups -OCH3 is 1. The Morgan fingerprint density at radius 2 is 1.93 bits per heavy atom. The summed E-state index contributed by atoms with van der Waals surface area (Å²) < 4.78 is 77.5. The normalized spacial score (nSPS) is 17.2. The van der Waals surface area contributed by atoms with Gasteiger partial charge in [0, 0.05) is 12.6 Å². The molecule has 2 aromatic carbocycles. The summed E-state index contributed by atoms with van der Waals surface area (Å²) >= 11 is 6.11. The van der Waals surface area contributed by atoms with Gasteiger partial charge >= 0.3 is 6.18 Å². The van der Waals surface area contributed by atoms with E-state index in [0.29, 0.717) is 17.6 Å². The van der Waals surface area contributed by atoms with Crippen LogP contribution in [0.3, 0.4) is 0 Å². The minimum atomic E-state index is -4.77. The van der Waals surface area contributed by atoms with Crippen molar-refractivity contribution < 1.29 is 31.1 Å². The third-order valence-corrected chi connectivity index (χ3v) is 5.97. The van der Waals surface area contributed by atoms with Crippen LogP contribution in [0, 0.1) is 0 Å². The van der Waals surface area contributed by atoms with Gasteiger partial charge < -0.3 is 14.8 Å². The van der Waals surface area contributed by atoms with Crippen molar-refractivity contribution in [3.63, 3.8) is 0 Å². The molecule has 1 fully saturated rings. The lowest BCUT2D eigenvalue weighted by atomic mass is 10.2. The number of hydrogen-bond acceptors (Lipinski definition) is 5. The number of ether oxygens (including phenoxy) is 2. The minimum Gasteiger partial charge on any atom is -0.496 e. The second-order valence-corrected chi connectivity index (χ2v) is 8.43. The van der Waals surface area contributed by atoms with E-state index in [-0.39, 0.29) is 17.5 Å². The predicted molar refractivity (Wildman–Crippen MR) is 102 cm³/mol. The van der Waals surface area contributed by atoms with E-state index in [1.807, 2.05) is 0 Å². The minimum absolute atomic E-state index is 0.102. The highest BCUT2D eigenvalue weighted by molar-refractivity contribution is 7.92. The van der Waals surface area contributed by atoms with Crippen LogP contribution in [0.2, 0.25) is 5.02 Å². The molecule has 0 bridgehead atoms. The molecule has 1 heterocycles. The second kappa shape index (κ2) is 8.29. The topological polar surface area (TPSA) is 76.7 Å². The molecule has 1 unspecified atom stereocenters. The Labute approximate surface area is 171 Å². The van der Waals surface area contributed by atoms with Gasteiger partial charge in [0.2, 0.25) is 0 Å². The van der Waals surface area contributed by atoms with Crippen molar-refractivity contribution in [1.29, 1.82) is 0 Å². The van der Waals surface area contributed by atoms with Crippen LogP contribution in [0.5, 0.6) is 11.5 Å². The molecule has 0 aromatic heterocycles. The first-order valence-corrected chi connectivity index (χ1v) is 10.4. The summed E-state index contributed by atoms with van der Waals surface area (Å²) in [5, 5.41) is 3.43. The summed E-state index contributed by atoms with van der Waals surface area (Å²) in [6, 6.07) is 6.76. The van der Waals surface area contributed by atoms with Crippen LogP contribution < -0.4 is 19.5 Å². The van der Waals surface area contributed by atoms with Gasteiger partial charge in [-0.2, -0.15) is 13.2 Å². The maximum absolute atomic E-state index is 13.2. The van der Waals surface area contributed by atoms with Crippen LogP contribution in [0.4, 0.5) is 18.9 Å². The maximum atomic E-state index is 13.2. The van der Waals surface area contributed by atoms with Crippen molar-refractivity contribution in [3.05, 3.63) is 47.0 Å². The molecule has 1 saturated heterocycles. The number of alkyl halides is 3. The molecule has 0 amide bonds. The summed E-state index contributed by atoms with van der Waals surface area (Å²) in [6.07, 6.45) is -4.10. The van der Waals surface area contributed by atoms with Gasteiger partial charge in [-0.3, -0.25) is 4.72 Å². The van der Waals surface area contributed by atoms with Gasteiger partial charge in [-0.15, -0.1) is 0 Å². The predicted octanol–water partition coefficient (Wildman–Crippen LogP) is 3.91. The van der Waals surface area contributed by atoms with Crippen LogP contribution in [-0.2, 0) is 16.2 Å². The molecular weight excluding hydrogens is 433 g/mol. The zero-order chi connectivity index (χ0) is 21.2. The highest BCUT2D eigenvalue weighted by Crippen LogP contribution is 2.38. The van der Waals surface area contributed by atoms with Gasteiger partial charge in [-0.05, 0) is 43.3 Å². The van der Waals surface area contributed by atoms with E-state index in [1.54, 1.807) is 0 Å². The lowest BCUT2D eigenvalue weighted by molar-refractivity contribution is -0.138. The molecule has 29 heavy (non-hydrogen) atoms. The molecule has 6 nitrogen and oxygen atoms in total. The lowest BCUT2D eigenvalue weighted by Crippen LogP contribution is -2.20. The molecule has 0 saturated carbocycles. The number of anilines is 1. The van der Waals surface area contributed by atoms with Gasteiger partial charge in [-0.25, -0.2) is 8.42 Å². The van der Waals surface area contributed by atoms with Gasteiger partial charge in [0.25, 0.3) is 10.0 Å². The zero-order valence-corrected chi connectivity index (χ0v) is 16.8. The second-order valence-electron chi connectivity index (χ2n) is 6.34. The molecule has 1 aliphatic heterocycles. The van der Waals surface area contributed by atoms with Crippen LogP contribution in [0.15, 0.2) is 41.3 Å². The number of sulfonamides is 1. The molecule has 2 aromatic rings. The van der Waals surface area contributed by atoms with Crippen molar-refractivity contribution in [2.75, 3.05) is 24.9 Å². The van der Waals surface area contributed by atoms with Crippen molar-refractivity contribution in [3.8, 4) is 11.5 Å². The van der Waals surface area contributed by atoms with Gasteiger partial charge in [-0.1, -0.05) is 11.6 Å². The highest BCUT2D eigenvalue weighted by Gasteiger charge is 2.35. The van der Waals surface area contributed by atoms with Crippen LogP contribution in [-0.4, -0.2) is 34.7 Å². The average molecular weight is 451 g/mol. The van der Waals surface area contributed by atoms with E-state index >= 15 is 0 Å². The first-order chi connectivity index (χ1) is 13.6. The summed E-state index contributed by atoms with van der Waals surface area (Å²) in [7, 11) is -3.22. The number of hydrogen-bond donors (Lipinski definition) is 2. The average Bonchev–Trinajstić information content (AvgIpc) is 3.16. The SMILES string of the molecule is COc1ccc(S(=O)(=O)Nc2ccc(Cl)c(OC3CCNC3)c2)cc1C(F)(F)F. The van der Waals surface area contributed by atoms with E-state index in [4.69, 9.17) is 16.3 Å². The Morgan fingerprint density at radius 3 is 2.55 bits per heavy atom. The fourth-order valence-electron chi connectivity index (χ4n) is 2.86. The molecule has 0 radical (unpaired) electrons. The first kappa shape index (κ1) is 21.5. The lowest BCUT2D eigenvalue weighted by Gasteiger charge is -2.16. The van der Waals surface area contributed by atoms with Crippen molar-refractivity contribution in [2.24, 2.45) is 0 Å². The van der Waals surface area contributed by atoms with Crippen LogP contribution in [0.25, 0.3) is 0 Å². The Hall–Kier alpha value is -2.17. The molecule has 1 aliphatic rings. The van der Waals surface area contributed by atoms with Gasteiger partial charge in [0.15, 0.2) is 0 Å². The van der Waals surface area contributed by atoms with Crippen molar-refractivity contribution in [2.45, 2.75) is 23.6 Å². The van der Waals surface area contributed by atoms with E-state index in [9.17, 15) is 21.6 Å². The maximum Gasteiger partial charge on any atom is 0.420 e. The Morgan fingerprint density at radius 1 is 1.17 bits per heavy atom. The molecule has 3 rings (SSSR count). The fraction of sp³-hybridized carbons (Fsp3) is 0.333. The Kier molecular flexibility index (Phi) is 6.16. The van der Waals surface area contributed by atoms with Gasteiger partial charge in [0.1, 0.15) is 17.6 Å². The number of nitrogens with one attached hydrogen (secondary N) is 2. The number of benzene rings is 2. The van der Waals surface area contributed by atoms with E-state index in [1.165, 1.54) is 18.2 Å².